The number of benzene rings is 1. The fourth-order valence-electron chi connectivity index (χ4n) is 2.30. The van der Waals surface area contributed by atoms with Crippen LogP contribution in [0.1, 0.15) is 19.3 Å². The van der Waals surface area contributed by atoms with E-state index in [2.05, 4.69) is 4.72 Å². The van der Waals surface area contributed by atoms with Gasteiger partial charge in [-0.05, 0) is 44.8 Å². The van der Waals surface area contributed by atoms with E-state index in [9.17, 15) is 18.0 Å². The first kappa shape index (κ1) is 17.6. The highest BCUT2D eigenvalue weighted by atomic mass is 32.2. The van der Waals surface area contributed by atoms with Crippen molar-refractivity contribution in [2.24, 2.45) is 0 Å². The number of amides is 2. The minimum absolute atomic E-state index is 0.108. The Hall–Kier alpha value is -1.77. The Morgan fingerprint density at radius 1 is 1.09 bits per heavy atom. The summed E-state index contributed by atoms with van der Waals surface area (Å²) in [6, 6.07) is 5.79. The van der Waals surface area contributed by atoms with Crippen molar-refractivity contribution in [3.8, 4) is 0 Å². The van der Waals surface area contributed by atoms with Crippen molar-refractivity contribution in [2.75, 3.05) is 32.1 Å². The topological polar surface area (TPSA) is 86.8 Å². The molecule has 1 saturated heterocycles. The number of rotatable bonds is 6. The van der Waals surface area contributed by atoms with Crippen LogP contribution < -0.4 is 9.62 Å². The summed E-state index contributed by atoms with van der Waals surface area (Å²) in [7, 11) is 0.118. The van der Waals surface area contributed by atoms with Crippen molar-refractivity contribution in [3.63, 3.8) is 0 Å². The lowest BCUT2D eigenvalue weighted by molar-refractivity contribution is -0.129. The van der Waals surface area contributed by atoms with E-state index >= 15 is 0 Å². The highest BCUT2D eigenvalue weighted by molar-refractivity contribution is 7.89. The molecule has 126 valence electrons. The quantitative estimate of drug-likeness (QED) is 0.766. The highest BCUT2D eigenvalue weighted by Crippen LogP contribution is 2.23. The van der Waals surface area contributed by atoms with Gasteiger partial charge in [0.2, 0.25) is 21.8 Å². The summed E-state index contributed by atoms with van der Waals surface area (Å²) >= 11 is 0. The Morgan fingerprint density at radius 3 is 2.17 bits per heavy atom. The van der Waals surface area contributed by atoms with Gasteiger partial charge in [0.25, 0.3) is 0 Å². The summed E-state index contributed by atoms with van der Waals surface area (Å²) in [6.45, 7) is 0.897. The van der Waals surface area contributed by atoms with E-state index in [4.69, 9.17) is 0 Å². The van der Waals surface area contributed by atoms with Gasteiger partial charge in [0.1, 0.15) is 0 Å². The molecular formula is C15H21N3O4S. The van der Waals surface area contributed by atoms with Gasteiger partial charge >= 0.3 is 0 Å². The molecule has 1 heterocycles. The van der Waals surface area contributed by atoms with Crippen LogP contribution >= 0.6 is 0 Å². The maximum atomic E-state index is 12.2. The number of likely N-dealkylation sites (N-methyl/N-ethyl adjacent to an activating group) is 1. The Balaban J connectivity index is 2.12. The minimum Gasteiger partial charge on any atom is -0.308 e. The molecule has 1 N–H and O–H groups in total. The normalized spacial score (nSPS) is 16.2. The number of anilines is 1. The van der Waals surface area contributed by atoms with Crippen molar-refractivity contribution in [1.82, 2.24) is 9.62 Å². The summed E-state index contributed by atoms with van der Waals surface area (Å²) < 4.78 is 26.8. The first-order chi connectivity index (χ1) is 10.8. The Kier molecular flexibility index (Phi) is 5.51. The molecule has 0 spiro atoms. The summed E-state index contributed by atoms with van der Waals surface area (Å²) in [5, 5.41) is 0. The standard InChI is InChI=1S/C15H21N3O4S/c1-17(2)11-10-16-23(21,22)13-8-6-12(7-9-13)18-14(19)4-3-5-15(18)20/h6-9,16H,3-5,10-11H2,1-2H3. The number of imide groups is 1. The molecule has 8 heteroatoms. The van der Waals surface area contributed by atoms with E-state index in [1.54, 1.807) is 0 Å². The van der Waals surface area contributed by atoms with Crippen molar-refractivity contribution < 1.29 is 18.0 Å². The maximum Gasteiger partial charge on any atom is 0.240 e. The molecule has 7 nitrogen and oxygen atoms in total. The molecule has 2 amide bonds. The molecule has 23 heavy (non-hydrogen) atoms. The van der Waals surface area contributed by atoms with Gasteiger partial charge in [-0.2, -0.15) is 0 Å². The highest BCUT2D eigenvalue weighted by Gasteiger charge is 2.27. The van der Waals surface area contributed by atoms with E-state index in [1.807, 2.05) is 19.0 Å². The first-order valence-electron chi connectivity index (χ1n) is 7.41. The average molecular weight is 339 g/mol. The van der Waals surface area contributed by atoms with Crippen molar-refractivity contribution in [1.29, 1.82) is 0 Å². The zero-order chi connectivity index (χ0) is 17.0. The fraction of sp³-hybridized carbons (Fsp3) is 0.467. The molecule has 1 aromatic carbocycles. The number of hydrogen-bond donors (Lipinski definition) is 1. The zero-order valence-corrected chi connectivity index (χ0v) is 14.1. The van der Waals surface area contributed by atoms with Crippen LogP contribution in [0.2, 0.25) is 0 Å². The molecule has 0 bridgehead atoms. The third kappa shape index (κ3) is 4.37. The van der Waals surface area contributed by atoms with Crippen LogP contribution in [0.4, 0.5) is 5.69 Å². The Bertz CT molecular complexity index is 667. The van der Waals surface area contributed by atoms with E-state index in [-0.39, 0.29) is 16.7 Å². The van der Waals surface area contributed by atoms with Gasteiger partial charge in [0.05, 0.1) is 10.6 Å². The lowest BCUT2D eigenvalue weighted by Crippen LogP contribution is -2.40. The molecule has 1 fully saturated rings. The summed E-state index contributed by atoms with van der Waals surface area (Å²) in [6.07, 6.45) is 1.23. The summed E-state index contributed by atoms with van der Waals surface area (Å²) in [5.41, 5.74) is 0.409. The van der Waals surface area contributed by atoms with Gasteiger partial charge in [-0.25, -0.2) is 13.1 Å². The third-order valence-electron chi connectivity index (χ3n) is 3.54. The van der Waals surface area contributed by atoms with E-state index in [0.29, 0.717) is 38.0 Å². The molecule has 0 aliphatic carbocycles. The summed E-state index contributed by atoms with van der Waals surface area (Å²) in [4.78, 5) is 26.8. The smallest absolute Gasteiger partial charge is 0.240 e. The van der Waals surface area contributed by atoms with Crippen LogP contribution in [0.3, 0.4) is 0 Å². The predicted octanol–water partition coefficient (Wildman–Crippen LogP) is 0.570. The number of nitrogens with one attached hydrogen (secondary N) is 1. The lowest BCUT2D eigenvalue weighted by atomic mass is 10.1. The Morgan fingerprint density at radius 2 is 1.65 bits per heavy atom. The van der Waals surface area contributed by atoms with Gasteiger partial charge in [-0.3, -0.25) is 14.5 Å². The van der Waals surface area contributed by atoms with Crippen molar-refractivity contribution in [3.05, 3.63) is 24.3 Å². The molecule has 1 aliphatic heterocycles. The summed E-state index contributed by atoms with van der Waals surface area (Å²) in [5.74, 6) is -0.498. The van der Waals surface area contributed by atoms with Gasteiger partial charge in [0.15, 0.2) is 0 Å². The largest absolute Gasteiger partial charge is 0.308 e. The number of sulfonamides is 1. The minimum atomic E-state index is -3.60. The van der Waals surface area contributed by atoms with Gasteiger partial charge in [-0.15, -0.1) is 0 Å². The number of piperidine rings is 1. The molecule has 0 saturated carbocycles. The molecule has 1 aliphatic rings. The second-order valence-electron chi connectivity index (χ2n) is 5.67. The van der Waals surface area contributed by atoms with Crippen LogP contribution in [0.15, 0.2) is 29.2 Å². The van der Waals surface area contributed by atoms with Crippen LogP contribution in [0, 0.1) is 0 Å². The third-order valence-corrected chi connectivity index (χ3v) is 5.01. The monoisotopic (exact) mass is 339 g/mol. The molecule has 1 aromatic rings. The van der Waals surface area contributed by atoms with Gasteiger partial charge < -0.3 is 4.90 Å². The first-order valence-corrected chi connectivity index (χ1v) is 8.90. The van der Waals surface area contributed by atoms with E-state index in [1.165, 1.54) is 24.3 Å². The average Bonchev–Trinajstić information content (AvgIpc) is 2.47. The maximum absolute atomic E-state index is 12.2. The molecule has 0 atom stereocenters. The van der Waals surface area contributed by atoms with E-state index < -0.39 is 10.0 Å². The number of carbonyl (C=O) groups is 2. The van der Waals surface area contributed by atoms with Gasteiger partial charge in [-0.1, -0.05) is 0 Å². The van der Waals surface area contributed by atoms with Crippen LogP contribution in [0.25, 0.3) is 0 Å². The van der Waals surface area contributed by atoms with Crippen LogP contribution in [-0.2, 0) is 19.6 Å². The number of nitrogens with zero attached hydrogens (tertiary/aromatic N) is 2. The Labute approximate surface area is 136 Å². The van der Waals surface area contributed by atoms with Crippen LogP contribution in [-0.4, -0.2) is 52.3 Å². The second kappa shape index (κ2) is 7.20. The molecule has 2 rings (SSSR count). The van der Waals surface area contributed by atoms with E-state index in [0.717, 1.165) is 4.90 Å². The van der Waals surface area contributed by atoms with Crippen molar-refractivity contribution in [2.45, 2.75) is 24.2 Å². The predicted molar refractivity (Wildman–Crippen MR) is 86.5 cm³/mol. The second-order valence-corrected chi connectivity index (χ2v) is 7.44. The molecule has 0 radical (unpaired) electrons. The van der Waals surface area contributed by atoms with Gasteiger partial charge in [0, 0.05) is 25.9 Å². The number of hydrogen-bond acceptors (Lipinski definition) is 5. The molecule has 0 aromatic heterocycles. The molecular weight excluding hydrogens is 318 g/mol. The zero-order valence-electron chi connectivity index (χ0n) is 13.3. The van der Waals surface area contributed by atoms with Crippen LogP contribution in [0.5, 0.6) is 0 Å². The fourth-order valence-corrected chi connectivity index (χ4v) is 3.32. The van der Waals surface area contributed by atoms with Crippen molar-refractivity contribution >= 4 is 27.5 Å². The molecule has 0 unspecified atom stereocenters. The lowest BCUT2D eigenvalue weighted by Gasteiger charge is -2.24. The SMILES string of the molecule is CN(C)CCNS(=O)(=O)c1ccc(N2C(=O)CCCC2=O)cc1. The number of carbonyl (C=O) groups excluding carboxylic acids is 2.